The molecular formula is C24H36FN7O. The molecule has 1 aliphatic heterocycles. The third-order valence-electron chi connectivity index (χ3n) is 6.65. The Kier molecular flexibility index (Phi) is 8.15. The number of ether oxygens (including phenoxy) is 1. The fourth-order valence-electron chi connectivity index (χ4n) is 4.62. The lowest BCUT2D eigenvalue weighted by Gasteiger charge is -2.28. The van der Waals surface area contributed by atoms with Gasteiger partial charge in [-0.1, -0.05) is 31.7 Å². The number of nitrogens with zero attached hydrogens (tertiary/aromatic N) is 4. The molecule has 1 saturated carbocycles. The Labute approximate surface area is 195 Å². The van der Waals surface area contributed by atoms with Crippen molar-refractivity contribution in [1.82, 2.24) is 20.3 Å². The summed E-state index contributed by atoms with van der Waals surface area (Å²) in [7, 11) is 3.55. The molecule has 2 aliphatic rings. The van der Waals surface area contributed by atoms with E-state index in [4.69, 9.17) is 14.7 Å². The molecule has 33 heavy (non-hydrogen) atoms. The fourth-order valence-corrected chi connectivity index (χ4v) is 4.62. The second kappa shape index (κ2) is 11.4. The molecule has 1 aliphatic carbocycles. The minimum absolute atomic E-state index is 0.236. The van der Waals surface area contributed by atoms with Crippen LogP contribution in [0.5, 0.6) is 5.75 Å². The number of aromatic nitrogens is 3. The van der Waals surface area contributed by atoms with E-state index in [1.54, 1.807) is 6.07 Å². The number of hydrogen-bond acceptors (Lipinski definition) is 8. The molecule has 8 nitrogen and oxygen atoms in total. The molecule has 0 bridgehead atoms. The van der Waals surface area contributed by atoms with Crippen LogP contribution < -0.4 is 25.6 Å². The van der Waals surface area contributed by atoms with Crippen LogP contribution in [0, 0.1) is 5.82 Å². The van der Waals surface area contributed by atoms with Gasteiger partial charge in [0.25, 0.3) is 0 Å². The molecule has 0 unspecified atom stereocenters. The van der Waals surface area contributed by atoms with E-state index >= 15 is 0 Å². The van der Waals surface area contributed by atoms with Gasteiger partial charge in [-0.2, -0.15) is 15.0 Å². The topological polar surface area (TPSA) is 87.2 Å². The van der Waals surface area contributed by atoms with Crippen molar-refractivity contribution in [2.45, 2.75) is 70.0 Å². The number of nitrogens with one attached hydrogen (secondary N) is 3. The number of methoxy groups -OCH3 is 1. The maximum atomic E-state index is 14.1. The highest BCUT2D eigenvalue weighted by Gasteiger charge is 2.22. The number of rotatable bonds is 8. The summed E-state index contributed by atoms with van der Waals surface area (Å²) in [6, 6.07) is 5.72. The van der Waals surface area contributed by atoms with Gasteiger partial charge in [0, 0.05) is 25.7 Å². The van der Waals surface area contributed by atoms with Crippen molar-refractivity contribution in [1.29, 1.82) is 0 Å². The fraction of sp³-hybridized carbons (Fsp3) is 0.625. The first kappa shape index (κ1) is 23.5. The average Bonchev–Trinajstić information content (AvgIpc) is 3.12. The molecule has 1 saturated heterocycles. The zero-order valence-electron chi connectivity index (χ0n) is 19.7. The Morgan fingerprint density at radius 3 is 2.45 bits per heavy atom. The van der Waals surface area contributed by atoms with Gasteiger partial charge in [0.05, 0.1) is 7.11 Å². The number of halogens is 1. The van der Waals surface area contributed by atoms with Crippen LogP contribution in [0.15, 0.2) is 18.2 Å². The first-order chi connectivity index (χ1) is 16.1. The molecule has 9 heteroatoms. The highest BCUT2D eigenvalue weighted by Crippen LogP contribution is 2.25. The van der Waals surface area contributed by atoms with Crippen LogP contribution in [0.4, 0.5) is 22.2 Å². The molecule has 2 heterocycles. The van der Waals surface area contributed by atoms with Crippen LogP contribution in [-0.2, 0) is 6.54 Å². The van der Waals surface area contributed by atoms with E-state index in [0.717, 1.165) is 44.3 Å². The van der Waals surface area contributed by atoms with Gasteiger partial charge >= 0.3 is 0 Å². The summed E-state index contributed by atoms with van der Waals surface area (Å²) in [5, 5.41) is 10.2. The summed E-state index contributed by atoms with van der Waals surface area (Å²) < 4.78 is 19.1. The highest BCUT2D eigenvalue weighted by molar-refractivity contribution is 5.45. The molecule has 2 fully saturated rings. The van der Waals surface area contributed by atoms with Gasteiger partial charge in [0.15, 0.2) is 11.6 Å². The molecule has 4 rings (SSSR count). The van der Waals surface area contributed by atoms with Gasteiger partial charge in [-0.05, 0) is 56.5 Å². The maximum absolute atomic E-state index is 14.1. The van der Waals surface area contributed by atoms with Gasteiger partial charge in [-0.3, -0.25) is 0 Å². The van der Waals surface area contributed by atoms with Gasteiger partial charge in [-0.25, -0.2) is 4.39 Å². The van der Waals surface area contributed by atoms with Crippen molar-refractivity contribution in [2.75, 3.05) is 42.8 Å². The maximum Gasteiger partial charge on any atom is 0.231 e. The third-order valence-corrected chi connectivity index (χ3v) is 6.65. The molecule has 0 atom stereocenters. The van der Waals surface area contributed by atoms with Crippen molar-refractivity contribution < 1.29 is 9.13 Å². The summed E-state index contributed by atoms with van der Waals surface area (Å²) in [4.78, 5) is 16.3. The molecule has 1 aromatic heterocycles. The Balaban J connectivity index is 1.52. The largest absolute Gasteiger partial charge is 0.494 e. The summed E-state index contributed by atoms with van der Waals surface area (Å²) in [6.45, 7) is 2.39. The summed E-state index contributed by atoms with van der Waals surface area (Å²) in [6.07, 6.45) is 9.48. The zero-order valence-corrected chi connectivity index (χ0v) is 19.7. The van der Waals surface area contributed by atoms with Crippen molar-refractivity contribution in [3.8, 4) is 5.75 Å². The third kappa shape index (κ3) is 6.43. The molecule has 0 radical (unpaired) electrons. The molecule has 180 valence electrons. The minimum Gasteiger partial charge on any atom is -0.494 e. The normalized spacial score (nSPS) is 17.9. The second-order valence-electron chi connectivity index (χ2n) is 9.03. The Hall–Kier alpha value is -2.68. The predicted octanol–water partition coefficient (Wildman–Crippen LogP) is 3.95. The van der Waals surface area contributed by atoms with Crippen LogP contribution in [0.3, 0.4) is 0 Å². The van der Waals surface area contributed by atoms with E-state index in [-0.39, 0.29) is 11.6 Å². The molecule has 0 amide bonds. The number of piperidine rings is 1. The van der Waals surface area contributed by atoms with E-state index < -0.39 is 0 Å². The van der Waals surface area contributed by atoms with Crippen molar-refractivity contribution in [3.63, 3.8) is 0 Å². The molecular weight excluding hydrogens is 421 g/mol. The predicted molar refractivity (Wildman–Crippen MR) is 130 cm³/mol. The lowest BCUT2D eigenvalue weighted by molar-refractivity contribution is 0.386. The van der Waals surface area contributed by atoms with Crippen LogP contribution in [0.2, 0.25) is 0 Å². The quantitative estimate of drug-likeness (QED) is 0.514. The summed E-state index contributed by atoms with van der Waals surface area (Å²) in [5.41, 5.74) is 0.792. The SMILES string of the molecule is COc1ccc(CNc2nc(NC3CCNCC3)nc(N(C)C3CCCCCC3)n2)cc1F. The standard InChI is InChI=1S/C24H36FN7O/c1-32(19-7-5-3-4-6-8-19)24-30-22(27-16-17-9-10-21(33-2)20(25)15-17)29-23(31-24)28-18-11-13-26-14-12-18/h9-10,15,18-19,26H,3-8,11-14,16H2,1-2H3,(H2,27,28,29,30,31). The second-order valence-corrected chi connectivity index (χ2v) is 9.03. The number of benzene rings is 1. The molecule has 2 aromatic rings. The molecule has 1 aromatic carbocycles. The Morgan fingerprint density at radius 2 is 1.76 bits per heavy atom. The number of hydrogen-bond donors (Lipinski definition) is 3. The van der Waals surface area contributed by atoms with Crippen LogP contribution in [-0.4, -0.2) is 54.3 Å². The first-order valence-corrected chi connectivity index (χ1v) is 12.1. The van der Waals surface area contributed by atoms with Gasteiger partial charge in [-0.15, -0.1) is 0 Å². The van der Waals surface area contributed by atoms with E-state index in [1.165, 1.54) is 38.9 Å². The van der Waals surface area contributed by atoms with E-state index in [0.29, 0.717) is 36.5 Å². The average molecular weight is 458 g/mol. The lowest BCUT2D eigenvalue weighted by Crippen LogP contribution is -2.36. The number of anilines is 3. The van der Waals surface area contributed by atoms with E-state index in [2.05, 4.69) is 32.9 Å². The highest BCUT2D eigenvalue weighted by atomic mass is 19.1. The lowest BCUT2D eigenvalue weighted by atomic mass is 10.1. The zero-order chi connectivity index (χ0) is 23.0. The van der Waals surface area contributed by atoms with Crippen molar-refractivity contribution in [3.05, 3.63) is 29.6 Å². The minimum atomic E-state index is -0.380. The Bertz CT molecular complexity index is 898. The smallest absolute Gasteiger partial charge is 0.231 e. The molecule has 3 N–H and O–H groups in total. The monoisotopic (exact) mass is 457 g/mol. The van der Waals surface area contributed by atoms with Crippen LogP contribution >= 0.6 is 0 Å². The van der Waals surface area contributed by atoms with E-state index in [1.807, 2.05) is 6.07 Å². The molecule has 0 spiro atoms. The Morgan fingerprint density at radius 1 is 1.03 bits per heavy atom. The van der Waals surface area contributed by atoms with Gasteiger partial charge < -0.3 is 25.6 Å². The van der Waals surface area contributed by atoms with Crippen molar-refractivity contribution >= 4 is 17.8 Å². The van der Waals surface area contributed by atoms with E-state index in [9.17, 15) is 4.39 Å². The first-order valence-electron chi connectivity index (χ1n) is 12.1. The van der Waals surface area contributed by atoms with Crippen LogP contribution in [0.1, 0.15) is 56.9 Å². The van der Waals surface area contributed by atoms with Gasteiger partial charge in [0.1, 0.15) is 0 Å². The van der Waals surface area contributed by atoms with Crippen LogP contribution in [0.25, 0.3) is 0 Å². The summed E-state index contributed by atoms with van der Waals surface area (Å²) >= 11 is 0. The van der Waals surface area contributed by atoms with Crippen molar-refractivity contribution in [2.24, 2.45) is 0 Å². The van der Waals surface area contributed by atoms with Gasteiger partial charge in [0.2, 0.25) is 17.8 Å². The summed E-state index contributed by atoms with van der Waals surface area (Å²) in [5.74, 6) is 1.62.